The molecule has 0 radical (unpaired) electrons. The molecular formula is C12H16N2O4. The lowest BCUT2D eigenvalue weighted by Gasteiger charge is -2.22. The quantitative estimate of drug-likeness (QED) is 0.587. The summed E-state index contributed by atoms with van der Waals surface area (Å²) in [6.45, 7) is 0.276. The van der Waals surface area contributed by atoms with E-state index >= 15 is 0 Å². The Hall–Kier alpha value is -1.63. The standard InChI is InChI=1S/C12H16N2O4/c1-13-5-9(15)12(17)7-2-3-10-8(4-7)14-11(16)6-18-10/h2-4,9,12-13,15,17H,5-6H2,1H3,(H,14,16). The molecule has 18 heavy (non-hydrogen) atoms. The van der Waals surface area contributed by atoms with Gasteiger partial charge in [-0.05, 0) is 24.7 Å². The van der Waals surface area contributed by atoms with Crippen LogP contribution >= 0.6 is 0 Å². The second-order valence-electron chi connectivity index (χ2n) is 4.16. The Balaban J connectivity index is 2.20. The number of hydrogen-bond acceptors (Lipinski definition) is 5. The van der Waals surface area contributed by atoms with Crippen molar-refractivity contribution in [1.29, 1.82) is 0 Å². The third kappa shape index (κ3) is 2.61. The SMILES string of the molecule is CNCC(O)C(O)c1ccc2c(c1)NC(=O)CO2. The molecule has 1 amide bonds. The maximum Gasteiger partial charge on any atom is 0.262 e. The minimum absolute atomic E-state index is 0.00270. The van der Waals surface area contributed by atoms with Gasteiger partial charge in [-0.1, -0.05) is 6.07 Å². The van der Waals surface area contributed by atoms with Gasteiger partial charge >= 0.3 is 0 Å². The van der Waals surface area contributed by atoms with Gasteiger partial charge in [-0.25, -0.2) is 0 Å². The van der Waals surface area contributed by atoms with E-state index in [0.29, 0.717) is 17.0 Å². The highest BCUT2D eigenvalue weighted by molar-refractivity contribution is 5.95. The van der Waals surface area contributed by atoms with Gasteiger partial charge in [0, 0.05) is 6.54 Å². The van der Waals surface area contributed by atoms with Gasteiger partial charge in [0.2, 0.25) is 0 Å². The van der Waals surface area contributed by atoms with Gasteiger partial charge in [0.15, 0.2) is 6.61 Å². The number of likely N-dealkylation sites (N-methyl/N-ethyl adjacent to an activating group) is 1. The molecule has 1 aliphatic rings. The molecule has 0 fully saturated rings. The van der Waals surface area contributed by atoms with Gasteiger partial charge in [0.25, 0.3) is 5.91 Å². The third-order valence-electron chi connectivity index (χ3n) is 2.76. The molecule has 0 saturated heterocycles. The van der Waals surface area contributed by atoms with Gasteiger partial charge in [0.1, 0.15) is 11.9 Å². The van der Waals surface area contributed by atoms with Crippen LogP contribution in [0.15, 0.2) is 18.2 Å². The number of fused-ring (bicyclic) bond motifs is 1. The minimum Gasteiger partial charge on any atom is -0.482 e. The number of anilines is 1. The summed E-state index contributed by atoms with van der Waals surface area (Å²) >= 11 is 0. The summed E-state index contributed by atoms with van der Waals surface area (Å²) in [6.07, 6.45) is -1.92. The van der Waals surface area contributed by atoms with Gasteiger partial charge in [0.05, 0.1) is 11.8 Å². The first-order valence-corrected chi connectivity index (χ1v) is 5.69. The Kier molecular flexibility index (Phi) is 3.81. The topological polar surface area (TPSA) is 90.8 Å². The molecule has 1 aromatic carbocycles. The number of amides is 1. The average molecular weight is 252 g/mol. The molecule has 0 saturated carbocycles. The van der Waals surface area contributed by atoms with Crippen molar-refractivity contribution in [3.63, 3.8) is 0 Å². The molecule has 2 atom stereocenters. The molecule has 6 heteroatoms. The minimum atomic E-state index is -1.01. The number of nitrogens with one attached hydrogen (secondary N) is 2. The first kappa shape index (κ1) is 12.8. The maximum atomic E-state index is 11.2. The fraction of sp³-hybridized carbons (Fsp3) is 0.417. The summed E-state index contributed by atoms with van der Waals surface area (Å²) in [4.78, 5) is 11.2. The summed E-state index contributed by atoms with van der Waals surface area (Å²) in [6, 6.07) is 4.94. The van der Waals surface area contributed by atoms with Crippen LogP contribution in [-0.2, 0) is 4.79 Å². The highest BCUT2D eigenvalue weighted by atomic mass is 16.5. The predicted molar refractivity (Wildman–Crippen MR) is 65.5 cm³/mol. The monoisotopic (exact) mass is 252 g/mol. The molecule has 0 bridgehead atoms. The molecule has 0 aromatic heterocycles. The summed E-state index contributed by atoms with van der Waals surface area (Å²) < 4.78 is 5.21. The van der Waals surface area contributed by atoms with Crippen molar-refractivity contribution in [3.05, 3.63) is 23.8 Å². The van der Waals surface area contributed by atoms with E-state index in [-0.39, 0.29) is 19.1 Å². The zero-order valence-electron chi connectivity index (χ0n) is 10.0. The maximum absolute atomic E-state index is 11.2. The van der Waals surface area contributed by atoms with Gasteiger partial charge in [-0.2, -0.15) is 0 Å². The second-order valence-corrected chi connectivity index (χ2v) is 4.16. The molecule has 98 valence electrons. The zero-order valence-corrected chi connectivity index (χ0v) is 10.0. The average Bonchev–Trinajstić information content (AvgIpc) is 2.37. The Morgan fingerprint density at radius 3 is 3.00 bits per heavy atom. The highest BCUT2D eigenvalue weighted by Crippen LogP contribution is 2.31. The van der Waals surface area contributed by atoms with E-state index in [4.69, 9.17) is 4.74 Å². The lowest BCUT2D eigenvalue weighted by atomic mass is 10.0. The molecule has 1 aromatic rings. The van der Waals surface area contributed by atoms with Crippen LogP contribution in [0.5, 0.6) is 5.75 Å². The van der Waals surface area contributed by atoms with Crippen LogP contribution in [0.25, 0.3) is 0 Å². The van der Waals surface area contributed by atoms with Crippen LogP contribution in [0.3, 0.4) is 0 Å². The van der Waals surface area contributed by atoms with Gasteiger partial charge < -0.3 is 25.6 Å². The normalized spacial score (nSPS) is 17.4. The zero-order chi connectivity index (χ0) is 13.1. The van der Waals surface area contributed by atoms with Crippen molar-refractivity contribution in [2.45, 2.75) is 12.2 Å². The molecular weight excluding hydrogens is 236 g/mol. The molecule has 1 heterocycles. The molecule has 2 unspecified atom stereocenters. The number of benzene rings is 1. The fourth-order valence-electron chi connectivity index (χ4n) is 1.83. The molecule has 4 N–H and O–H groups in total. The smallest absolute Gasteiger partial charge is 0.262 e. The predicted octanol–water partition coefficient (Wildman–Crippen LogP) is -0.369. The second kappa shape index (κ2) is 5.34. The van der Waals surface area contributed by atoms with Crippen molar-refractivity contribution in [1.82, 2.24) is 5.32 Å². The molecule has 0 spiro atoms. The van der Waals surface area contributed by atoms with Crippen molar-refractivity contribution in [2.75, 3.05) is 25.5 Å². The van der Waals surface area contributed by atoms with Crippen LogP contribution in [0, 0.1) is 0 Å². The molecule has 6 nitrogen and oxygen atoms in total. The Morgan fingerprint density at radius 1 is 1.50 bits per heavy atom. The fourth-order valence-corrected chi connectivity index (χ4v) is 1.83. The number of carbonyl (C=O) groups is 1. The number of hydrogen-bond donors (Lipinski definition) is 4. The number of aliphatic hydroxyl groups is 2. The van der Waals surface area contributed by atoms with E-state index in [1.807, 2.05) is 0 Å². The first-order chi connectivity index (χ1) is 8.61. The Labute approximate surface area is 105 Å². The number of ether oxygens (including phenoxy) is 1. The number of aliphatic hydroxyl groups excluding tert-OH is 2. The van der Waals surface area contributed by atoms with E-state index < -0.39 is 12.2 Å². The molecule has 2 rings (SSSR count). The van der Waals surface area contributed by atoms with Crippen molar-refractivity contribution < 1.29 is 19.7 Å². The largest absolute Gasteiger partial charge is 0.482 e. The van der Waals surface area contributed by atoms with Crippen molar-refractivity contribution in [3.8, 4) is 5.75 Å². The van der Waals surface area contributed by atoms with Crippen LogP contribution < -0.4 is 15.4 Å². The van der Waals surface area contributed by atoms with Gasteiger partial charge in [-0.3, -0.25) is 4.79 Å². The van der Waals surface area contributed by atoms with E-state index in [9.17, 15) is 15.0 Å². The van der Waals surface area contributed by atoms with E-state index in [1.165, 1.54) is 0 Å². The summed E-state index contributed by atoms with van der Waals surface area (Å²) in [7, 11) is 1.69. The first-order valence-electron chi connectivity index (χ1n) is 5.69. The van der Waals surface area contributed by atoms with Crippen LogP contribution in [0.4, 0.5) is 5.69 Å². The van der Waals surface area contributed by atoms with E-state index in [2.05, 4.69) is 10.6 Å². The van der Waals surface area contributed by atoms with Crippen LogP contribution in [0.1, 0.15) is 11.7 Å². The van der Waals surface area contributed by atoms with Crippen LogP contribution in [-0.4, -0.2) is 42.4 Å². The van der Waals surface area contributed by atoms with E-state index in [0.717, 1.165) is 0 Å². The molecule has 0 aliphatic carbocycles. The lowest BCUT2D eigenvalue weighted by molar-refractivity contribution is -0.118. The summed E-state index contributed by atoms with van der Waals surface area (Å²) in [5.74, 6) is 0.332. The Morgan fingerprint density at radius 2 is 2.28 bits per heavy atom. The molecule has 1 aliphatic heterocycles. The van der Waals surface area contributed by atoms with Crippen LogP contribution in [0.2, 0.25) is 0 Å². The summed E-state index contributed by atoms with van der Waals surface area (Å²) in [5.41, 5.74) is 1.04. The summed E-state index contributed by atoms with van der Waals surface area (Å²) in [5, 5.41) is 25.1. The number of rotatable bonds is 4. The van der Waals surface area contributed by atoms with E-state index in [1.54, 1.807) is 25.2 Å². The van der Waals surface area contributed by atoms with Crippen molar-refractivity contribution >= 4 is 11.6 Å². The third-order valence-corrected chi connectivity index (χ3v) is 2.76. The van der Waals surface area contributed by atoms with Crippen molar-refractivity contribution in [2.24, 2.45) is 0 Å². The highest BCUT2D eigenvalue weighted by Gasteiger charge is 2.21. The Bertz CT molecular complexity index is 450. The number of carbonyl (C=O) groups excluding carboxylic acids is 1. The van der Waals surface area contributed by atoms with Gasteiger partial charge in [-0.15, -0.1) is 0 Å². The lowest BCUT2D eigenvalue weighted by Crippen LogP contribution is -2.30.